The summed E-state index contributed by atoms with van der Waals surface area (Å²) in [6.45, 7) is 3.60. The molecule has 0 radical (unpaired) electrons. The highest BCUT2D eigenvalue weighted by atomic mass is 32.2. The number of nitrogens with zero attached hydrogens (tertiary/aromatic N) is 1. The molecular weight excluding hydrogens is 346 g/mol. The Kier molecular flexibility index (Phi) is 4.39. The number of hydrogen-bond acceptors (Lipinski definition) is 6. The van der Waals surface area contributed by atoms with Gasteiger partial charge in [0.15, 0.2) is 11.5 Å². The summed E-state index contributed by atoms with van der Waals surface area (Å²) in [5.41, 5.74) is -0.243. The Bertz CT molecular complexity index is 752. The van der Waals surface area contributed by atoms with E-state index in [1.807, 2.05) is 0 Å². The molecule has 3 aliphatic heterocycles. The summed E-state index contributed by atoms with van der Waals surface area (Å²) in [6, 6.07) is 4.85. The van der Waals surface area contributed by atoms with E-state index in [9.17, 15) is 8.42 Å². The third-order valence-corrected chi connectivity index (χ3v) is 7.09. The standard InChI is InChI=1S/C17H23NO6S/c1-21-11-17-10-18(8-13(17)9-22-12-17)25(19,20)14-3-4-15-16(7-14)24-6-2-5-23-15/h3-4,7,13H,2,5-6,8-12H2,1H3/t13-,17-/m0/s1. The van der Waals surface area contributed by atoms with E-state index < -0.39 is 10.0 Å². The van der Waals surface area contributed by atoms with Crippen molar-refractivity contribution in [3.63, 3.8) is 0 Å². The first-order valence-corrected chi connectivity index (χ1v) is 9.96. The molecule has 0 saturated carbocycles. The van der Waals surface area contributed by atoms with E-state index in [2.05, 4.69) is 0 Å². The van der Waals surface area contributed by atoms with Crippen LogP contribution < -0.4 is 9.47 Å². The van der Waals surface area contributed by atoms with Crippen LogP contribution in [0.3, 0.4) is 0 Å². The molecule has 25 heavy (non-hydrogen) atoms. The molecule has 3 aliphatic rings. The number of rotatable bonds is 4. The summed E-state index contributed by atoms with van der Waals surface area (Å²) >= 11 is 0. The molecule has 1 aromatic carbocycles. The van der Waals surface area contributed by atoms with Crippen molar-refractivity contribution in [1.82, 2.24) is 4.31 Å². The van der Waals surface area contributed by atoms with E-state index in [1.165, 1.54) is 0 Å². The van der Waals surface area contributed by atoms with Crippen molar-refractivity contribution in [3.8, 4) is 11.5 Å². The summed E-state index contributed by atoms with van der Waals surface area (Å²) < 4.78 is 50.0. The van der Waals surface area contributed by atoms with E-state index in [0.29, 0.717) is 57.6 Å². The summed E-state index contributed by atoms with van der Waals surface area (Å²) in [5, 5.41) is 0. The highest BCUT2D eigenvalue weighted by Gasteiger charge is 2.53. The molecule has 0 spiro atoms. The maximum Gasteiger partial charge on any atom is 0.243 e. The highest BCUT2D eigenvalue weighted by Crippen LogP contribution is 2.44. The van der Waals surface area contributed by atoms with Gasteiger partial charge in [0, 0.05) is 44.0 Å². The molecule has 3 heterocycles. The largest absolute Gasteiger partial charge is 0.490 e. The maximum atomic E-state index is 13.1. The SMILES string of the molecule is COC[C@@]12COC[C@@H]1CN(S(=O)(=O)c1ccc3c(c1)OCCCO3)C2. The van der Waals surface area contributed by atoms with E-state index >= 15 is 0 Å². The van der Waals surface area contributed by atoms with Crippen molar-refractivity contribution < 1.29 is 27.4 Å². The molecule has 2 saturated heterocycles. The molecule has 1 aromatic rings. The van der Waals surface area contributed by atoms with Gasteiger partial charge in [0.1, 0.15) is 0 Å². The molecule has 0 aliphatic carbocycles. The Balaban J connectivity index is 1.61. The van der Waals surface area contributed by atoms with Crippen LogP contribution in [0, 0.1) is 11.3 Å². The van der Waals surface area contributed by atoms with Crippen molar-refractivity contribution >= 4 is 10.0 Å². The quantitative estimate of drug-likeness (QED) is 0.792. The van der Waals surface area contributed by atoms with E-state index in [4.69, 9.17) is 18.9 Å². The van der Waals surface area contributed by atoms with Gasteiger partial charge in [-0.2, -0.15) is 4.31 Å². The van der Waals surface area contributed by atoms with Crippen LogP contribution in [0.25, 0.3) is 0 Å². The van der Waals surface area contributed by atoms with E-state index in [1.54, 1.807) is 29.6 Å². The lowest BCUT2D eigenvalue weighted by Crippen LogP contribution is -2.37. The van der Waals surface area contributed by atoms with Gasteiger partial charge in [-0.3, -0.25) is 0 Å². The van der Waals surface area contributed by atoms with E-state index in [-0.39, 0.29) is 16.2 Å². The molecule has 2 atom stereocenters. The average molecular weight is 369 g/mol. The Morgan fingerprint density at radius 3 is 2.88 bits per heavy atom. The Morgan fingerprint density at radius 1 is 1.28 bits per heavy atom. The van der Waals surface area contributed by atoms with Gasteiger partial charge in [-0.05, 0) is 12.1 Å². The zero-order chi connectivity index (χ0) is 17.5. The first kappa shape index (κ1) is 17.1. The molecule has 0 unspecified atom stereocenters. The predicted octanol–water partition coefficient (Wildman–Crippen LogP) is 1.13. The van der Waals surface area contributed by atoms with Crippen LogP contribution in [0.15, 0.2) is 23.1 Å². The Labute approximate surface area is 147 Å². The van der Waals surface area contributed by atoms with Gasteiger partial charge in [-0.15, -0.1) is 0 Å². The molecule has 0 amide bonds. The molecule has 0 N–H and O–H groups in total. The van der Waals surface area contributed by atoms with Crippen LogP contribution in [-0.2, 0) is 19.5 Å². The fourth-order valence-corrected chi connectivity index (χ4v) is 5.51. The second-order valence-electron chi connectivity index (χ2n) is 6.96. The van der Waals surface area contributed by atoms with Crippen molar-refractivity contribution in [2.45, 2.75) is 11.3 Å². The fourth-order valence-electron chi connectivity index (χ4n) is 3.91. The summed E-state index contributed by atoms with van der Waals surface area (Å²) in [5.74, 6) is 1.26. The smallest absolute Gasteiger partial charge is 0.243 e. The lowest BCUT2D eigenvalue weighted by Gasteiger charge is -2.26. The minimum absolute atomic E-state index is 0.169. The highest BCUT2D eigenvalue weighted by molar-refractivity contribution is 7.89. The predicted molar refractivity (Wildman–Crippen MR) is 89.4 cm³/mol. The molecule has 0 bridgehead atoms. The van der Waals surface area contributed by atoms with Crippen LogP contribution >= 0.6 is 0 Å². The van der Waals surface area contributed by atoms with Crippen molar-refractivity contribution in [2.24, 2.45) is 11.3 Å². The summed E-state index contributed by atoms with van der Waals surface area (Å²) in [6.07, 6.45) is 0.782. The minimum atomic E-state index is -3.60. The van der Waals surface area contributed by atoms with Gasteiger partial charge in [-0.1, -0.05) is 0 Å². The third kappa shape index (κ3) is 2.91. The average Bonchev–Trinajstić information content (AvgIpc) is 3.03. The summed E-state index contributed by atoms with van der Waals surface area (Å²) in [4.78, 5) is 0.241. The van der Waals surface area contributed by atoms with Crippen LogP contribution in [-0.4, -0.2) is 66.0 Å². The monoisotopic (exact) mass is 369 g/mol. The zero-order valence-electron chi connectivity index (χ0n) is 14.3. The molecule has 8 heteroatoms. The van der Waals surface area contributed by atoms with Crippen molar-refractivity contribution in [1.29, 1.82) is 0 Å². The van der Waals surface area contributed by atoms with Crippen LogP contribution in [0.1, 0.15) is 6.42 Å². The zero-order valence-corrected chi connectivity index (χ0v) is 15.1. The maximum absolute atomic E-state index is 13.1. The lowest BCUT2D eigenvalue weighted by molar-refractivity contribution is 0.0601. The van der Waals surface area contributed by atoms with Gasteiger partial charge in [0.25, 0.3) is 0 Å². The number of sulfonamides is 1. The normalized spacial score (nSPS) is 29.4. The first-order valence-electron chi connectivity index (χ1n) is 8.52. The summed E-state index contributed by atoms with van der Waals surface area (Å²) in [7, 11) is -1.95. The number of fused-ring (bicyclic) bond motifs is 2. The molecule has 0 aromatic heterocycles. The Morgan fingerprint density at radius 2 is 2.08 bits per heavy atom. The van der Waals surface area contributed by atoms with Gasteiger partial charge >= 0.3 is 0 Å². The van der Waals surface area contributed by atoms with E-state index in [0.717, 1.165) is 6.42 Å². The molecule has 138 valence electrons. The second-order valence-corrected chi connectivity index (χ2v) is 8.90. The van der Waals surface area contributed by atoms with Gasteiger partial charge in [-0.25, -0.2) is 8.42 Å². The van der Waals surface area contributed by atoms with Crippen molar-refractivity contribution in [3.05, 3.63) is 18.2 Å². The fraction of sp³-hybridized carbons (Fsp3) is 0.647. The molecule has 2 fully saturated rings. The number of benzene rings is 1. The third-order valence-electron chi connectivity index (χ3n) is 5.28. The van der Waals surface area contributed by atoms with Gasteiger partial charge in [0.2, 0.25) is 10.0 Å². The van der Waals surface area contributed by atoms with Crippen molar-refractivity contribution in [2.75, 3.05) is 53.2 Å². The molecule has 4 rings (SSSR count). The number of hydrogen-bond donors (Lipinski definition) is 0. The van der Waals surface area contributed by atoms with Crippen LogP contribution in [0.5, 0.6) is 11.5 Å². The lowest BCUT2D eigenvalue weighted by atomic mass is 9.82. The topological polar surface area (TPSA) is 74.3 Å². The van der Waals surface area contributed by atoms with Crippen LogP contribution in [0.4, 0.5) is 0 Å². The number of methoxy groups -OCH3 is 1. The molecular formula is C17H23NO6S. The first-order chi connectivity index (χ1) is 12.0. The van der Waals surface area contributed by atoms with Gasteiger partial charge < -0.3 is 18.9 Å². The van der Waals surface area contributed by atoms with Gasteiger partial charge in [0.05, 0.1) is 37.9 Å². The number of ether oxygens (including phenoxy) is 4. The Hall–Kier alpha value is -1.35. The second kappa shape index (κ2) is 6.42. The van der Waals surface area contributed by atoms with Crippen LogP contribution in [0.2, 0.25) is 0 Å². The molecule has 7 nitrogen and oxygen atoms in total. The minimum Gasteiger partial charge on any atom is -0.490 e.